The summed E-state index contributed by atoms with van der Waals surface area (Å²) in [5.74, 6) is 2.62. The van der Waals surface area contributed by atoms with Crippen LogP contribution in [0, 0.1) is 23.7 Å². The van der Waals surface area contributed by atoms with Gasteiger partial charge in [0.1, 0.15) is 0 Å². The van der Waals surface area contributed by atoms with Gasteiger partial charge in [-0.05, 0) is 99.5 Å². The number of carbonyl (C=O) groups excluding carboxylic acids is 1. The van der Waals surface area contributed by atoms with Crippen molar-refractivity contribution in [3.63, 3.8) is 0 Å². The molecule has 7 heteroatoms. The monoisotopic (exact) mass is 462 g/mol. The molecule has 6 rings (SSSR count). The van der Waals surface area contributed by atoms with Gasteiger partial charge in [0.15, 0.2) is 0 Å². The fourth-order valence-electron chi connectivity index (χ4n) is 6.98. The maximum Gasteiger partial charge on any atom is 0.255 e. The largest absolute Gasteiger partial charge is 0.339 e. The van der Waals surface area contributed by atoms with Crippen molar-refractivity contribution < 1.29 is 13.2 Å². The Morgan fingerprint density at radius 1 is 1.06 bits per heavy atom. The van der Waals surface area contributed by atoms with E-state index in [-0.39, 0.29) is 16.3 Å². The molecule has 0 radical (unpaired) electrons. The third-order valence-corrected chi connectivity index (χ3v) is 10.5. The number of hydrogen-bond donors (Lipinski definition) is 1. The second-order valence-electron chi connectivity index (χ2n) is 10.6. The van der Waals surface area contributed by atoms with E-state index in [2.05, 4.69) is 11.6 Å². The van der Waals surface area contributed by atoms with Gasteiger partial charge in [0.25, 0.3) is 5.91 Å². The van der Waals surface area contributed by atoms with Gasteiger partial charge < -0.3 is 4.90 Å². The minimum absolute atomic E-state index is 0.0388. The molecule has 31 heavy (non-hydrogen) atoms. The van der Waals surface area contributed by atoms with E-state index in [1.165, 1.54) is 31.0 Å². The molecule has 1 amide bonds. The van der Waals surface area contributed by atoms with Crippen LogP contribution in [0.4, 0.5) is 0 Å². The second-order valence-corrected chi connectivity index (χ2v) is 13.2. The van der Waals surface area contributed by atoms with E-state index in [9.17, 15) is 13.2 Å². The van der Waals surface area contributed by atoms with Gasteiger partial charge in [-0.2, -0.15) is 0 Å². The molecule has 1 saturated heterocycles. The van der Waals surface area contributed by atoms with Crippen LogP contribution in [0.5, 0.6) is 0 Å². The SMILES string of the molecule is CSc1ccc(S(=O)(=O)NC23CC4CC(CC(C4)C2)C3)cc1C(=O)N1CCC(C)CC1. The molecule has 0 atom stereocenters. The fraction of sp³-hybridized carbons (Fsp3) is 0.708. The highest BCUT2D eigenvalue weighted by molar-refractivity contribution is 7.98. The standard InChI is InChI=1S/C24H34N2O3S2/c1-16-5-7-26(8-6-16)23(27)21-12-20(3-4-22(21)30-2)31(28,29)25-24-13-17-9-18(14-24)11-19(10-17)15-24/h3-4,12,16-19,25H,5-11,13-15H2,1-2H3. The number of rotatable bonds is 5. The second kappa shape index (κ2) is 8.07. The van der Waals surface area contributed by atoms with Crippen LogP contribution in [0.15, 0.2) is 28.0 Å². The number of carbonyl (C=O) groups is 1. The Morgan fingerprint density at radius 2 is 1.65 bits per heavy atom. The van der Waals surface area contributed by atoms with Gasteiger partial charge in [-0.1, -0.05) is 6.92 Å². The van der Waals surface area contributed by atoms with Crippen LogP contribution >= 0.6 is 11.8 Å². The lowest BCUT2D eigenvalue weighted by Crippen LogP contribution is -2.59. The molecule has 4 aliphatic carbocycles. The zero-order chi connectivity index (χ0) is 21.8. The molecule has 4 bridgehead atoms. The van der Waals surface area contributed by atoms with Crippen LogP contribution < -0.4 is 4.72 Å². The molecule has 170 valence electrons. The van der Waals surface area contributed by atoms with E-state index in [1.807, 2.05) is 11.2 Å². The lowest BCUT2D eigenvalue weighted by atomic mass is 9.53. The van der Waals surface area contributed by atoms with Gasteiger partial charge >= 0.3 is 0 Å². The van der Waals surface area contributed by atoms with Crippen LogP contribution in [0.2, 0.25) is 0 Å². The maximum atomic E-state index is 13.5. The first-order valence-electron chi connectivity index (χ1n) is 11.8. The summed E-state index contributed by atoms with van der Waals surface area (Å²) in [4.78, 5) is 16.2. The van der Waals surface area contributed by atoms with Crippen molar-refractivity contribution in [1.82, 2.24) is 9.62 Å². The van der Waals surface area contributed by atoms with Crippen molar-refractivity contribution in [2.45, 2.75) is 73.6 Å². The molecule has 0 spiro atoms. The molecule has 1 aliphatic heterocycles. The van der Waals surface area contributed by atoms with Gasteiger partial charge in [0.05, 0.1) is 10.5 Å². The first kappa shape index (κ1) is 21.8. The Kier molecular flexibility index (Phi) is 5.67. The first-order chi connectivity index (χ1) is 14.8. The Morgan fingerprint density at radius 3 is 2.19 bits per heavy atom. The van der Waals surface area contributed by atoms with Crippen molar-refractivity contribution in [3.05, 3.63) is 23.8 Å². The third-order valence-electron chi connectivity index (χ3n) is 8.17. The van der Waals surface area contributed by atoms with Gasteiger partial charge in [-0.15, -0.1) is 11.8 Å². The molecule has 1 N–H and O–H groups in total. The van der Waals surface area contributed by atoms with E-state index in [0.29, 0.717) is 29.2 Å². The molecule has 1 aromatic carbocycles. The smallest absolute Gasteiger partial charge is 0.255 e. The number of nitrogens with zero attached hydrogens (tertiary/aromatic N) is 1. The summed E-state index contributed by atoms with van der Waals surface area (Å²) >= 11 is 1.50. The first-order valence-corrected chi connectivity index (χ1v) is 14.5. The summed E-state index contributed by atoms with van der Waals surface area (Å²) in [7, 11) is -3.67. The Labute approximate surface area is 190 Å². The van der Waals surface area contributed by atoms with Crippen LogP contribution in [-0.2, 0) is 10.0 Å². The summed E-state index contributed by atoms with van der Waals surface area (Å²) in [5.41, 5.74) is 0.245. The normalized spacial score (nSPS) is 33.1. The Balaban J connectivity index is 1.41. The van der Waals surface area contributed by atoms with Crippen LogP contribution in [0.3, 0.4) is 0 Å². The van der Waals surface area contributed by atoms with E-state index in [4.69, 9.17) is 0 Å². The predicted octanol–water partition coefficient (Wildman–Crippen LogP) is 4.53. The van der Waals surface area contributed by atoms with Crippen molar-refractivity contribution in [1.29, 1.82) is 0 Å². The van der Waals surface area contributed by atoms with Crippen LogP contribution in [0.25, 0.3) is 0 Å². The van der Waals surface area contributed by atoms with Crippen molar-refractivity contribution in [2.24, 2.45) is 23.7 Å². The van der Waals surface area contributed by atoms with Crippen molar-refractivity contribution in [3.8, 4) is 0 Å². The molecule has 1 heterocycles. The Bertz CT molecular complexity index is 932. The number of benzene rings is 1. The lowest BCUT2D eigenvalue weighted by Gasteiger charge is -2.56. The molecular formula is C24H34N2O3S2. The Hall–Kier alpha value is -1.05. The molecular weight excluding hydrogens is 428 g/mol. The summed E-state index contributed by atoms with van der Waals surface area (Å²) in [6.45, 7) is 3.71. The highest BCUT2D eigenvalue weighted by Crippen LogP contribution is 2.56. The fourth-order valence-corrected chi connectivity index (χ4v) is 9.01. The number of sulfonamides is 1. The topological polar surface area (TPSA) is 66.5 Å². The lowest BCUT2D eigenvalue weighted by molar-refractivity contribution is -0.00810. The average molecular weight is 463 g/mol. The molecule has 0 aromatic heterocycles. The summed E-state index contributed by atoms with van der Waals surface area (Å²) in [5, 5.41) is 0. The summed E-state index contributed by atoms with van der Waals surface area (Å²) in [6, 6.07) is 5.09. The highest BCUT2D eigenvalue weighted by Gasteiger charge is 2.52. The molecule has 5 fully saturated rings. The zero-order valence-corrected chi connectivity index (χ0v) is 20.2. The minimum Gasteiger partial charge on any atom is -0.339 e. The quantitative estimate of drug-likeness (QED) is 0.653. The average Bonchev–Trinajstić information content (AvgIpc) is 2.71. The number of piperidine rings is 1. The summed E-state index contributed by atoms with van der Waals surface area (Å²) in [6.07, 6.45) is 10.7. The zero-order valence-electron chi connectivity index (χ0n) is 18.6. The van der Waals surface area contributed by atoms with E-state index >= 15 is 0 Å². The molecule has 0 unspecified atom stereocenters. The molecule has 1 aromatic rings. The predicted molar refractivity (Wildman–Crippen MR) is 124 cm³/mol. The van der Waals surface area contributed by atoms with Gasteiger partial charge in [0, 0.05) is 23.5 Å². The van der Waals surface area contributed by atoms with Crippen LogP contribution in [-0.4, -0.2) is 44.1 Å². The third kappa shape index (κ3) is 4.18. The number of nitrogens with one attached hydrogen (secondary N) is 1. The number of thioether (sulfide) groups is 1. The van der Waals surface area contributed by atoms with Crippen molar-refractivity contribution in [2.75, 3.05) is 19.3 Å². The van der Waals surface area contributed by atoms with E-state index in [0.717, 1.165) is 50.1 Å². The maximum absolute atomic E-state index is 13.5. The molecule has 4 saturated carbocycles. The van der Waals surface area contributed by atoms with Crippen molar-refractivity contribution >= 4 is 27.7 Å². The van der Waals surface area contributed by atoms with Gasteiger partial charge in [0.2, 0.25) is 10.0 Å². The highest BCUT2D eigenvalue weighted by atomic mass is 32.2. The minimum atomic E-state index is -3.67. The molecule has 5 aliphatic rings. The van der Waals surface area contributed by atoms with Crippen LogP contribution in [0.1, 0.15) is 68.6 Å². The van der Waals surface area contributed by atoms with E-state index in [1.54, 1.807) is 18.2 Å². The number of amides is 1. The number of hydrogen-bond acceptors (Lipinski definition) is 4. The number of likely N-dealkylation sites (tertiary alicyclic amines) is 1. The molecule has 5 nitrogen and oxygen atoms in total. The van der Waals surface area contributed by atoms with Gasteiger partial charge in [-0.3, -0.25) is 4.79 Å². The van der Waals surface area contributed by atoms with E-state index < -0.39 is 10.0 Å². The van der Waals surface area contributed by atoms with Gasteiger partial charge in [-0.25, -0.2) is 13.1 Å². The summed E-state index contributed by atoms with van der Waals surface area (Å²) < 4.78 is 30.1.